The quantitative estimate of drug-likeness (QED) is 0.116. The van der Waals surface area contributed by atoms with E-state index in [4.69, 9.17) is 0 Å². The van der Waals surface area contributed by atoms with Crippen molar-refractivity contribution in [1.82, 2.24) is 5.32 Å². The fourth-order valence-corrected chi connectivity index (χ4v) is 4.42. The summed E-state index contributed by atoms with van der Waals surface area (Å²) in [7, 11) is 0. The number of carbonyl (C=O) groups excluding carboxylic acids is 3. The lowest BCUT2D eigenvalue weighted by molar-refractivity contribution is -0.129. The van der Waals surface area contributed by atoms with Gasteiger partial charge in [0.1, 0.15) is 28.9 Å². The van der Waals surface area contributed by atoms with E-state index in [9.17, 15) is 34.8 Å². The Bertz CT molecular complexity index is 1580. The molecule has 1 amide bonds. The highest BCUT2D eigenvalue weighted by molar-refractivity contribution is 6.14. The lowest BCUT2D eigenvalue weighted by Crippen LogP contribution is -2.39. The maximum absolute atomic E-state index is 13.7. The lowest BCUT2D eigenvalue weighted by atomic mass is 9.85. The van der Waals surface area contributed by atoms with E-state index in [1.165, 1.54) is 42.5 Å². The number of hydrogen-bond donors (Lipinski definition) is 5. The second-order valence-corrected chi connectivity index (χ2v) is 9.66. The van der Waals surface area contributed by atoms with Crippen LogP contribution in [0.4, 0.5) is 0 Å². The number of phenols is 4. The van der Waals surface area contributed by atoms with Crippen molar-refractivity contribution in [3.05, 3.63) is 138 Å². The van der Waals surface area contributed by atoms with Crippen LogP contribution in [0.25, 0.3) is 18.2 Å². The molecule has 0 aliphatic carbocycles. The van der Waals surface area contributed by atoms with E-state index in [1.54, 1.807) is 36.4 Å². The minimum absolute atomic E-state index is 0.211. The Morgan fingerprint density at radius 1 is 0.535 bits per heavy atom. The van der Waals surface area contributed by atoms with E-state index in [-0.39, 0.29) is 23.0 Å². The van der Waals surface area contributed by atoms with Gasteiger partial charge in [0, 0.05) is 18.2 Å². The number of amides is 1. The summed E-state index contributed by atoms with van der Waals surface area (Å²) >= 11 is 0. The first-order chi connectivity index (χ1) is 20.7. The van der Waals surface area contributed by atoms with Crippen LogP contribution < -0.4 is 5.32 Å². The van der Waals surface area contributed by atoms with Gasteiger partial charge in [-0.05, 0) is 64.7 Å². The van der Waals surface area contributed by atoms with E-state index in [0.717, 1.165) is 29.8 Å². The Morgan fingerprint density at radius 3 is 1.42 bits per heavy atom. The molecule has 1 atom stereocenters. The molecule has 8 nitrogen and oxygen atoms in total. The molecular formula is C35H29NO7. The molecule has 0 heterocycles. The van der Waals surface area contributed by atoms with Crippen LogP contribution in [0, 0.1) is 5.92 Å². The molecule has 0 saturated heterocycles. The first kappa shape index (κ1) is 30.1. The van der Waals surface area contributed by atoms with Crippen molar-refractivity contribution in [2.45, 2.75) is 6.04 Å². The van der Waals surface area contributed by atoms with E-state index < -0.39 is 29.4 Å². The molecule has 0 spiro atoms. The largest absolute Gasteiger partial charge is 0.508 e. The molecule has 43 heavy (non-hydrogen) atoms. The van der Waals surface area contributed by atoms with Crippen molar-refractivity contribution >= 4 is 35.7 Å². The molecule has 0 radical (unpaired) electrons. The number of ketones is 2. The Balaban J connectivity index is 1.72. The Labute approximate surface area is 248 Å². The molecule has 5 N–H and O–H groups in total. The molecule has 4 rings (SSSR count). The van der Waals surface area contributed by atoms with Gasteiger partial charge in [-0.1, -0.05) is 72.8 Å². The molecule has 0 saturated carbocycles. The summed E-state index contributed by atoms with van der Waals surface area (Å²) in [4.78, 5) is 40.5. The third kappa shape index (κ3) is 8.80. The smallest absolute Gasteiger partial charge is 0.244 e. The van der Waals surface area contributed by atoms with E-state index in [0.29, 0.717) is 16.7 Å². The van der Waals surface area contributed by atoms with Gasteiger partial charge in [-0.2, -0.15) is 0 Å². The summed E-state index contributed by atoms with van der Waals surface area (Å²) in [6, 6.07) is 24.2. The third-order valence-electron chi connectivity index (χ3n) is 6.36. The second kappa shape index (κ2) is 14.1. The van der Waals surface area contributed by atoms with E-state index >= 15 is 0 Å². The molecule has 4 aromatic carbocycles. The van der Waals surface area contributed by atoms with Crippen LogP contribution in [-0.4, -0.2) is 37.9 Å². The Hall–Kier alpha value is -5.89. The number of aromatic hydroxyl groups is 4. The van der Waals surface area contributed by atoms with Gasteiger partial charge < -0.3 is 25.7 Å². The molecule has 1 unspecified atom stereocenters. The highest BCUT2D eigenvalue weighted by Crippen LogP contribution is 2.28. The zero-order chi connectivity index (χ0) is 30.8. The van der Waals surface area contributed by atoms with Gasteiger partial charge in [0.25, 0.3) is 0 Å². The standard InChI is InChI=1S/C35H29NO7/c37-27-17-24(18-28(38)21-27)11-14-31(41)34(32(42)15-12-25-19-29(39)22-30(40)20-25)35(26-9-5-2-6-10-26)36-33(43)16-13-23-7-3-1-4-8-23/h1-22,34-35,37-40H,(H,36,43)/b14-11+,15-12+,16-13+. The van der Waals surface area contributed by atoms with E-state index in [1.807, 2.05) is 30.3 Å². The normalized spacial score (nSPS) is 12.2. The Morgan fingerprint density at radius 2 is 0.953 bits per heavy atom. The molecule has 216 valence electrons. The first-order valence-corrected chi connectivity index (χ1v) is 13.3. The zero-order valence-electron chi connectivity index (χ0n) is 22.9. The van der Waals surface area contributed by atoms with Crippen LogP contribution in [0.1, 0.15) is 28.3 Å². The fraction of sp³-hybridized carbons (Fsp3) is 0.0571. The third-order valence-corrected chi connectivity index (χ3v) is 6.36. The number of nitrogens with one attached hydrogen (secondary N) is 1. The highest BCUT2D eigenvalue weighted by atomic mass is 16.3. The number of rotatable bonds is 11. The SMILES string of the molecule is O=C(/C=C/c1ccccc1)NC(c1ccccc1)C(C(=O)/C=C/c1cc(O)cc(O)c1)C(=O)/C=C/c1cc(O)cc(O)c1. The molecule has 0 aliphatic rings. The van der Waals surface area contributed by atoms with Gasteiger partial charge in [0.15, 0.2) is 11.6 Å². The topological polar surface area (TPSA) is 144 Å². The van der Waals surface area contributed by atoms with Crippen LogP contribution in [0.2, 0.25) is 0 Å². The molecular weight excluding hydrogens is 546 g/mol. The van der Waals surface area contributed by atoms with Crippen molar-refractivity contribution in [2.24, 2.45) is 5.92 Å². The lowest BCUT2D eigenvalue weighted by Gasteiger charge is -2.25. The van der Waals surface area contributed by atoms with Crippen LogP contribution in [0.3, 0.4) is 0 Å². The summed E-state index contributed by atoms with van der Waals surface area (Å²) in [5, 5.41) is 42.0. The summed E-state index contributed by atoms with van der Waals surface area (Å²) in [6.07, 6.45) is 7.91. The first-order valence-electron chi connectivity index (χ1n) is 13.3. The summed E-state index contributed by atoms with van der Waals surface area (Å²) in [5.74, 6) is -4.12. The molecule has 0 aliphatic heterocycles. The van der Waals surface area contributed by atoms with Crippen LogP contribution >= 0.6 is 0 Å². The van der Waals surface area contributed by atoms with Crippen LogP contribution in [-0.2, 0) is 14.4 Å². The van der Waals surface area contributed by atoms with Gasteiger partial charge in [0.05, 0.1) is 6.04 Å². The van der Waals surface area contributed by atoms with Crippen molar-refractivity contribution in [1.29, 1.82) is 0 Å². The van der Waals surface area contributed by atoms with Gasteiger partial charge in [0.2, 0.25) is 5.91 Å². The monoisotopic (exact) mass is 575 g/mol. The van der Waals surface area contributed by atoms with Crippen molar-refractivity contribution in [3.63, 3.8) is 0 Å². The highest BCUT2D eigenvalue weighted by Gasteiger charge is 2.34. The van der Waals surface area contributed by atoms with Crippen molar-refractivity contribution < 1.29 is 34.8 Å². The number of hydrogen-bond acceptors (Lipinski definition) is 7. The minimum Gasteiger partial charge on any atom is -0.508 e. The molecule has 8 heteroatoms. The second-order valence-electron chi connectivity index (χ2n) is 9.66. The van der Waals surface area contributed by atoms with E-state index in [2.05, 4.69) is 5.32 Å². The number of benzene rings is 4. The van der Waals surface area contributed by atoms with Crippen molar-refractivity contribution in [3.8, 4) is 23.0 Å². The van der Waals surface area contributed by atoms with Gasteiger partial charge in [-0.25, -0.2) is 0 Å². The zero-order valence-corrected chi connectivity index (χ0v) is 22.9. The predicted molar refractivity (Wildman–Crippen MR) is 164 cm³/mol. The minimum atomic E-state index is -1.43. The number of allylic oxidation sites excluding steroid dienone is 2. The maximum Gasteiger partial charge on any atom is 0.244 e. The predicted octanol–water partition coefficient (Wildman–Crippen LogP) is 5.56. The fourth-order valence-electron chi connectivity index (χ4n) is 4.42. The van der Waals surface area contributed by atoms with Crippen LogP contribution in [0.15, 0.2) is 115 Å². The maximum atomic E-state index is 13.7. The molecule has 0 bridgehead atoms. The summed E-state index contributed by atoms with van der Waals surface area (Å²) in [5.41, 5.74) is 1.91. The summed E-state index contributed by atoms with van der Waals surface area (Å²) < 4.78 is 0. The number of carbonyl (C=O) groups is 3. The number of phenolic OH excluding ortho intramolecular Hbond substituents is 4. The average Bonchev–Trinajstić information content (AvgIpc) is 2.97. The van der Waals surface area contributed by atoms with Gasteiger partial charge in [-0.3, -0.25) is 14.4 Å². The van der Waals surface area contributed by atoms with Gasteiger partial charge >= 0.3 is 0 Å². The average molecular weight is 576 g/mol. The van der Waals surface area contributed by atoms with Crippen molar-refractivity contribution in [2.75, 3.05) is 0 Å². The van der Waals surface area contributed by atoms with Gasteiger partial charge in [-0.15, -0.1) is 0 Å². The van der Waals surface area contributed by atoms with Crippen LogP contribution in [0.5, 0.6) is 23.0 Å². The summed E-state index contributed by atoms with van der Waals surface area (Å²) in [6.45, 7) is 0. The Kier molecular flexibility index (Phi) is 9.89. The molecule has 4 aromatic rings. The molecule has 0 fully saturated rings. The molecule has 0 aromatic heterocycles.